The highest BCUT2D eigenvalue weighted by Gasteiger charge is 2.24. The van der Waals surface area contributed by atoms with Crippen molar-refractivity contribution in [1.82, 2.24) is 0 Å². The van der Waals surface area contributed by atoms with E-state index in [2.05, 4.69) is 30.9 Å². The van der Waals surface area contributed by atoms with Gasteiger partial charge in [-0.15, -0.1) is 0 Å². The van der Waals surface area contributed by atoms with Gasteiger partial charge in [-0.3, -0.25) is 0 Å². The molecule has 0 amide bonds. The van der Waals surface area contributed by atoms with Crippen LogP contribution in [0.25, 0.3) is 10.8 Å². The number of hydrogen-bond donors (Lipinski definition) is 0. The third-order valence-corrected chi connectivity index (χ3v) is 6.11. The molecule has 168 valence electrons. The van der Waals surface area contributed by atoms with E-state index in [9.17, 15) is 22.0 Å². The molecular weight excluding hydrogens is 431 g/mol. The van der Waals surface area contributed by atoms with Crippen LogP contribution in [0.15, 0.2) is 48.5 Å². The molecule has 0 atom stereocenters. The zero-order chi connectivity index (χ0) is 23.6. The summed E-state index contributed by atoms with van der Waals surface area (Å²) < 4.78 is 65.6. The number of rotatable bonds is 1. The molecule has 1 aliphatic rings. The summed E-state index contributed by atoms with van der Waals surface area (Å²) >= 11 is 0. The Balaban J connectivity index is 1.56. The Morgan fingerprint density at radius 1 is 0.788 bits per heavy atom. The van der Waals surface area contributed by atoms with Gasteiger partial charge in [0.1, 0.15) is 11.6 Å². The molecule has 0 heterocycles. The standard InChI is InChI=1S/C28H21F5/c1-18-2-9-21(10-3-18)22-11-6-19(7-12-22)4-5-20-8-13-24-23(16-20)17-26(29)25(27(24)30)14-15-28(31,32)33/h6-8,11-13,16-18,21H,2-3,9-10H2,1H3. The second-order valence-electron chi connectivity index (χ2n) is 8.56. The van der Waals surface area contributed by atoms with Crippen molar-refractivity contribution >= 4 is 10.8 Å². The fourth-order valence-electron chi connectivity index (χ4n) is 4.23. The van der Waals surface area contributed by atoms with Gasteiger partial charge in [-0.05, 0) is 66.0 Å². The Morgan fingerprint density at radius 3 is 2.09 bits per heavy atom. The van der Waals surface area contributed by atoms with Crippen molar-refractivity contribution < 1.29 is 22.0 Å². The average Bonchev–Trinajstić information content (AvgIpc) is 2.77. The van der Waals surface area contributed by atoms with E-state index in [4.69, 9.17) is 0 Å². The number of alkyl halides is 3. The maximum Gasteiger partial charge on any atom is 0.458 e. The first-order valence-electron chi connectivity index (χ1n) is 10.8. The Labute approximate surface area is 189 Å². The van der Waals surface area contributed by atoms with Crippen molar-refractivity contribution in [2.75, 3.05) is 0 Å². The lowest BCUT2D eigenvalue weighted by Gasteiger charge is -2.26. The second-order valence-corrected chi connectivity index (χ2v) is 8.56. The van der Waals surface area contributed by atoms with Gasteiger partial charge in [-0.25, -0.2) is 8.78 Å². The summed E-state index contributed by atoms with van der Waals surface area (Å²) in [5, 5.41) is 0.191. The summed E-state index contributed by atoms with van der Waals surface area (Å²) in [5.74, 6) is 7.64. The molecule has 0 unspecified atom stereocenters. The number of hydrogen-bond acceptors (Lipinski definition) is 0. The zero-order valence-corrected chi connectivity index (χ0v) is 18.0. The third kappa shape index (κ3) is 5.55. The zero-order valence-electron chi connectivity index (χ0n) is 18.0. The minimum absolute atomic E-state index is 0.0143. The van der Waals surface area contributed by atoms with Crippen molar-refractivity contribution in [1.29, 1.82) is 0 Å². The first-order valence-corrected chi connectivity index (χ1v) is 10.8. The molecule has 1 aliphatic carbocycles. The normalized spacial score (nSPS) is 18.2. The molecule has 0 aliphatic heterocycles. The lowest BCUT2D eigenvalue weighted by molar-refractivity contribution is -0.0696. The molecule has 3 aromatic carbocycles. The summed E-state index contributed by atoms with van der Waals surface area (Å²) in [5.41, 5.74) is 1.80. The third-order valence-electron chi connectivity index (χ3n) is 6.11. The van der Waals surface area contributed by atoms with Crippen molar-refractivity contribution in [3.8, 4) is 23.7 Å². The minimum atomic E-state index is -4.83. The molecule has 0 bridgehead atoms. The van der Waals surface area contributed by atoms with Crippen LogP contribution in [0.5, 0.6) is 0 Å². The Bertz CT molecular complexity index is 1290. The van der Waals surface area contributed by atoms with E-state index in [0.29, 0.717) is 11.5 Å². The van der Waals surface area contributed by atoms with Crippen LogP contribution < -0.4 is 0 Å². The van der Waals surface area contributed by atoms with Gasteiger partial charge >= 0.3 is 6.18 Å². The summed E-state index contributed by atoms with van der Waals surface area (Å²) in [4.78, 5) is 0. The lowest BCUT2D eigenvalue weighted by Crippen LogP contribution is -2.10. The van der Waals surface area contributed by atoms with Gasteiger partial charge in [0.15, 0.2) is 0 Å². The predicted octanol–water partition coefficient (Wildman–Crippen LogP) is 7.73. The molecule has 5 heteroatoms. The van der Waals surface area contributed by atoms with E-state index < -0.39 is 23.4 Å². The highest BCUT2D eigenvalue weighted by molar-refractivity contribution is 5.86. The molecular formula is C28H21F5. The van der Waals surface area contributed by atoms with Crippen LogP contribution in [-0.2, 0) is 0 Å². The molecule has 0 radical (unpaired) electrons. The first kappa shape index (κ1) is 22.9. The van der Waals surface area contributed by atoms with Gasteiger partial charge in [0, 0.05) is 22.4 Å². The largest absolute Gasteiger partial charge is 0.458 e. The molecule has 4 rings (SSSR count). The van der Waals surface area contributed by atoms with Gasteiger partial charge < -0.3 is 0 Å². The van der Waals surface area contributed by atoms with Crippen LogP contribution in [0.2, 0.25) is 0 Å². The maximum atomic E-state index is 14.6. The minimum Gasteiger partial charge on any atom is -0.205 e. The lowest BCUT2D eigenvalue weighted by atomic mass is 9.79. The van der Waals surface area contributed by atoms with Gasteiger partial charge in [-0.2, -0.15) is 13.2 Å². The van der Waals surface area contributed by atoms with Crippen molar-refractivity contribution in [3.63, 3.8) is 0 Å². The van der Waals surface area contributed by atoms with Gasteiger partial charge in [-0.1, -0.05) is 55.7 Å². The number of benzene rings is 3. The molecule has 0 N–H and O–H groups in total. The van der Waals surface area contributed by atoms with Crippen LogP contribution >= 0.6 is 0 Å². The number of halogens is 5. The SMILES string of the molecule is CC1CCC(c2ccc(C#Cc3ccc4c(F)c(C#CC(F)(F)F)c(F)cc4c3)cc2)CC1. The van der Waals surface area contributed by atoms with Crippen LogP contribution in [-0.4, -0.2) is 6.18 Å². The fourth-order valence-corrected chi connectivity index (χ4v) is 4.23. The van der Waals surface area contributed by atoms with E-state index in [-0.39, 0.29) is 10.8 Å². The van der Waals surface area contributed by atoms with E-state index in [0.717, 1.165) is 23.5 Å². The molecule has 1 fully saturated rings. The molecule has 0 aromatic heterocycles. The average molecular weight is 452 g/mol. The summed E-state index contributed by atoms with van der Waals surface area (Å²) in [6, 6.07) is 13.6. The molecule has 0 spiro atoms. The number of fused-ring (bicyclic) bond motifs is 1. The molecule has 33 heavy (non-hydrogen) atoms. The van der Waals surface area contributed by atoms with E-state index >= 15 is 0 Å². The smallest absolute Gasteiger partial charge is 0.205 e. The highest BCUT2D eigenvalue weighted by Crippen LogP contribution is 2.35. The van der Waals surface area contributed by atoms with Gasteiger partial charge in [0.25, 0.3) is 0 Å². The summed E-state index contributed by atoms with van der Waals surface area (Å²) in [6.45, 7) is 2.30. The Kier molecular flexibility index (Phi) is 6.43. The van der Waals surface area contributed by atoms with E-state index in [1.165, 1.54) is 43.4 Å². The van der Waals surface area contributed by atoms with Crippen LogP contribution in [0, 0.1) is 41.2 Å². The van der Waals surface area contributed by atoms with Gasteiger partial charge in [0.2, 0.25) is 0 Å². The Hall–Kier alpha value is -3.31. The topological polar surface area (TPSA) is 0 Å². The first-order chi connectivity index (χ1) is 15.7. The fraction of sp³-hybridized carbons (Fsp3) is 0.286. The van der Waals surface area contributed by atoms with Crippen molar-refractivity contribution in [2.45, 2.75) is 44.7 Å². The maximum absolute atomic E-state index is 14.6. The summed E-state index contributed by atoms with van der Waals surface area (Å²) in [7, 11) is 0. The molecule has 0 nitrogen and oxygen atoms in total. The molecule has 1 saturated carbocycles. The van der Waals surface area contributed by atoms with Gasteiger partial charge in [0.05, 0.1) is 5.56 Å². The summed E-state index contributed by atoms with van der Waals surface area (Å²) in [6.07, 6.45) is 0.0951. The molecule has 3 aromatic rings. The van der Waals surface area contributed by atoms with Crippen LogP contribution in [0.3, 0.4) is 0 Å². The Morgan fingerprint density at radius 2 is 1.42 bits per heavy atom. The molecule has 0 saturated heterocycles. The van der Waals surface area contributed by atoms with E-state index in [1.54, 1.807) is 12.0 Å². The monoisotopic (exact) mass is 452 g/mol. The van der Waals surface area contributed by atoms with Crippen molar-refractivity contribution in [3.05, 3.63) is 82.4 Å². The van der Waals surface area contributed by atoms with Crippen LogP contribution in [0.1, 0.15) is 60.8 Å². The quantitative estimate of drug-likeness (QED) is 0.262. The van der Waals surface area contributed by atoms with Crippen molar-refractivity contribution in [2.24, 2.45) is 5.92 Å². The highest BCUT2D eigenvalue weighted by atomic mass is 19.4. The second kappa shape index (κ2) is 9.28. The van der Waals surface area contributed by atoms with Crippen LogP contribution in [0.4, 0.5) is 22.0 Å². The van der Waals surface area contributed by atoms with E-state index in [1.807, 2.05) is 12.1 Å². The predicted molar refractivity (Wildman–Crippen MR) is 120 cm³/mol.